The van der Waals surface area contributed by atoms with Crippen LogP contribution in [0, 0.1) is 24.7 Å². The first-order chi connectivity index (χ1) is 4.72. The smallest absolute Gasteiger partial charge is 0.0740 e. The molecule has 54 valence electrons. The Bertz CT molecular complexity index is 141. The third-order valence-electron chi connectivity index (χ3n) is 1.25. The molecular formula is C8H12N2. The number of terminal acetylenes is 2. The van der Waals surface area contributed by atoms with Crippen molar-refractivity contribution < 1.29 is 0 Å². The molecule has 0 aliphatic rings. The molecule has 2 heteroatoms. The third kappa shape index (κ3) is 3.14. The van der Waals surface area contributed by atoms with Crippen molar-refractivity contribution in [1.82, 2.24) is 5.01 Å². The van der Waals surface area contributed by atoms with Gasteiger partial charge in [0.1, 0.15) is 0 Å². The lowest BCUT2D eigenvalue weighted by molar-refractivity contribution is 0.245. The molecule has 0 spiro atoms. The van der Waals surface area contributed by atoms with Gasteiger partial charge in [0, 0.05) is 12.5 Å². The standard InChI is InChI=1S/C8H12N2/c1-4-6-8(3)10(9)7-5-2/h1-2,8H,6-7,9H2,3H3. The molecule has 0 aliphatic carbocycles. The number of nitrogens with zero attached hydrogens (tertiary/aromatic N) is 1. The van der Waals surface area contributed by atoms with Crippen molar-refractivity contribution in [2.75, 3.05) is 6.54 Å². The first kappa shape index (κ1) is 9.04. The topological polar surface area (TPSA) is 29.3 Å². The number of hydrazine groups is 1. The molecule has 0 aliphatic heterocycles. The van der Waals surface area contributed by atoms with Crippen LogP contribution < -0.4 is 5.84 Å². The van der Waals surface area contributed by atoms with E-state index in [1.807, 2.05) is 6.92 Å². The second-order valence-electron chi connectivity index (χ2n) is 2.13. The van der Waals surface area contributed by atoms with Crippen molar-refractivity contribution in [2.24, 2.45) is 5.84 Å². The second-order valence-corrected chi connectivity index (χ2v) is 2.13. The molecule has 0 amide bonds. The molecule has 0 saturated heterocycles. The highest BCUT2D eigenvalue weighted by molar-refractivity contribution is 4.92. The summed E-state index contributed by atoms with van der Waals surface area (Å²) in [5.41, 5.74) is 0. The molecule has 0 aromatic heterocycles. The van der Waals surface area contributed by atoms with Gasteiger partial charge in [0.2, 0.25) is 0 Å². The third-order valence-corrected chi connectivity index (χ3v) is 1.25. The highest BCUT2D eigenvalue weighted by atomic mass is 15.4. The van der Waals surface area contributed by atoms with Crippen LogP contribution in [0.5, 0.6) is 0 Å². The van der Waals surface area contributed by atoms with E-state index in [9.17, 15) is 0 Å². The molecule has 0 heterocycles. The summed E-state index contributed by atoms with van der Waals surface area (Å²) in [6, 6.07) is 0.168. The average molecular weight is 136 g/mol. The predicted octanol–water partition coefficient (Wildman–Crippen LogP) is 0.207. The Morgan fingerprint density at radius 3 is 2.50 bits per heavy atom. The maximum Gasteiger partial charge on any atom is 0.0740 e. The van der Waals surface area contributed by atoms with E-state index in [0.29, 0.717) is 13.0 Å². The maximum atomic E-state index is 5.51. The van der Waals surface area contributed by atoms with E-state index in [-0.39, 0.29) is 6.04 Å². The van der Waals surface area contributed by atoms with Crippen LogP contribution in [-0.2, 0) is 0 Å². The van der Waals surface area contributed by atoms with Gasteiger partial charge < -0.3 is 0 Å². The van der Waals surface area contributed by atoms with Gasteiger partial charge in [-0.3, -0.25) is 5.84 Å². The van der Waals surface area contributed by atoms with Crippen molar-refractivity contribution in [2.45, 2.75) is 19.4 Å². The second kappa shape index (κ2) is 4.88. The van der Waals surface area contributed by atoms with E-state index < -0.39 is 0 Å². The van der Waals surface area contributed by atoms with E-state index in [1.54, 1.807) is 5.01 Å². The lowest BCUT2D eigenvalue weighted by Gasteiger charge is -2.19. The molecule has 1 atom stereocenters. The molecule has 0 radical (unpaired) electrons. The zero-order chi connectivity index (χ0) is 7.98. The molecule has 2 N–H and O–H groups in total. The van der Waals surface area contributed by atoms with Gasteiger partial charge in [0.25, 0.3) is 0 Å². The quantitative estimate of drug-likeness (QED) is 0.341. The van der Waals surface area contributed by atoms with Gasteiger partial charge in [-0.25, -0.2) is 5.01 Å². The van der Waals surface area contributed by atoms with Crippen LogP contribution in [0.4, 0.5) is 0 Å². The Balaban J connectivity index is 3.63. The van der Waals surface area contributed by atoms with Crippen molar-refractivity contribution in [3.63, 3.8) is 0 Å². The normalized spacial score (nSPS) is 12.1. The highest BCUT2D eigenvalue weighted by Gasteiger charge is 2.04. The van der Waals surface area contributed by atoms with Crippen LogP contribution in [0.1, 0.15) is 13.3 Å². The van der Waals surface area contributed by atoms with Gasteiger partial charge in [-0.1, -0.05) is 5.92 Å². The predicted molar refractivity (Wildman–Crippen MR) is 42.6 cm³/mol. The lowest BCUT2D eigenvalue weighted by Crippen LogP contribution is -2.39. The molecule has 10 heavy (non-hydrogen) atoms. The van der Waals surface area contributed by atoms with Gasteiger partial charge in [-0.2, -0.15) is 0 Å². The Kier molecular flexibility index (Phi) is 4.41. The number of nitrogens with two attached hydrogens (primary N) is 1. The van der Waals surface area contributed by atoms with Crippen LogP contribution >= 0.6 is 0 Å². The van der Waals surface area contributed by atoms with Gasteiger partial charge in [-0.05, 0) is 6.92 Å². The van der Waals surface area contributed by atoms with Crippen molar-refractivity contribution in [3.05, 3.63) is 0 Å². The summed E-state index contributed by atoms with van der Waals surface area (Å²) in [5, 5.41) is 1.56. The molecule has 0 rings (SSSR count). The highest BCUT2D eigenvalue weighted by Crippen LogP contribution is 1.94. The Hall–Kier alpha value is -0.960. The van der Waals surface area contributed by atoms with Gasteiger partial charge in [0.15, 0.2) is 0 Å². The van der Waals surface area contributed by atoms with Crippen molar-refractivity contribution >= 4 is 0 Å². The summed E-state index contributed by atoms with van der Waals surface area (Å²) in [5.74, 6) is 10.5. The minimum Gasteiger partial charge on any atom is -0.268 e. The summed E-state index contributed by atoms with van der Waals surface area (Å²) >= 11 is 0. The summed E-state index contributed by atoms with van der Waals surface area (Å²) < 4.78 is 0. The maximum absolute atomic E-state index is 5.51. The van der Waals surface area contributed by atoms with Crippen LogP contribution in [0.3, 0.4) is 0 Å². The van der Waals surface area contributed by atoms with E-state index in [2.05, 4.69) is 11.8 Å². The molecule has 1 unspecified atom stereocenters. The molecule has 2 nitrogen and oxygen atoms in total. The van der Waals surface area contributed by atoms with Gasteiger partial charge >= 0.3 is 0 Å². The Morgan fingerprint density at radius 1 is 1.50 bits per heavy atom. The van der Waals surface area contributed by atoms with Crippen LogP contribution in [-0.4, -0.2) is 17.6 Å². The first-order valence-electron chi connectivity index (χ1n) is 3.10. The summed E-state index contributed by atoms with van der Waals surface area (Å²) in [4.78, 5) is 0. The summed E-state index contributed by atoms with van der Waals surface area (Å²) in [7, 11) is 0. The van der Waals surface area contributed by atoms with Crippen LogP contribution in [0.2, 0.25) is 0 Å². The number of hydrogen-bond donors (Lipinski definition) is 1. The van der Waals surface area contributed by atoms with E-state index in [1.165, 1.54) is 0 Å². The molecule has 0 aromatic rings. The number of rotatable bonds is 3. The SMILES string of the molecule is C#CCC(C)N(N)CC#C. The summed E-state index contributed by atoms with van der Waals surface area (Å²) in [6.07, 6.45) is 10.8. The zero-order valence-electron chi connectivity index (χ0n) is 6.17. The number of hydrogen-bond acceptors (Lipinski definition) is 2. The molecule has 0 aromatic carbocycles. The Morgan fingerprint density at radius 2 is 2.10 bits per heavy atom. The lowest BCUT2D eigenvalue weighted by atomic mass is 10.2. The fourth-order valence-electron chi connectivity index (χ4n) is 0.549. The van der Waals surface area contributed by atoms with Crippen molar-refractivity contribution in [3.8, 4) is 24.7 Å². The van der Waals surface area contributed by atoms with E-state index in [0.717, 1.165) is 0 Å². The molecule has 0 fully saturated rings. The Labute approximate surface area is 62.4 Å². The molecule has 0 saturated carbocycles. The van der Waals surface area contributed by atoms with Crippen LogP contribution in [0.25, 0.3) is 0 Å². The summed E-state index contributed by atoms with van der Waals surface area (Å²) in [6.45, 7) is 2.39. The van der Waals surface area contributed by atoms with E-state index >= 15 is 0 Å². The van der Waals surface area contributed by atoms with Crippen molar-refractivity contribution in [1.29, 1.82) is 0 Å². The zero-order valence-corrected chi connectivity index (χ0v) is 6.17. The minimum atomic E-state index is 0.168. The average Bonchev–Trinajstić information content (AvgIpc) is 1.89. The van der Waals surface area contributed by atoms with E-state index in [4.69, 9.17) is 18.7 Å². The fourth-order valence-corrected chi connectivity index (χ4v) is 0.549. The fraction of sp³-hybridized carbons (Fsp3) is 0.500. The molecular weight excluding hydrogens is 124 g/mol. The minimum absolute atomic E-state index is 0.168. The van der Waals surface area contributed by atoms with Crippen LogP contribution in [0.15, 0.2) is 0 Å². The first-order valence-corrected chi connectivity index (χ1v) is 3.10. The largest absolute Gasteiger partial charge is 0.268 e. The molecule has 0 bridgehead atoms. The monoisotopic (exact) mass is 136 g/mol. The van der Waals surface area contributed by atoms with Gasteiger partial charge in [-0.15, -0.1) is 18.8 Å². The van der Waals surface area contributed by atoms with Gasteiger partial charge in [0.05, 0.1) is 6.54 Å².